The first-order valence-corrected chi connectivity index (χ1v) is 8.48. The van der Waals surface area contributed by atoms with Crippen LogP contribution in [0.25, 0.3) is 11.0 Å². The minimum atomic E-state index is -4.49. The molecule has 1 aliphatic rings. The molecule has 1 aliphatic heterocycles. The van der Waals surface area contributed by atoms with Gasteiger partial charge in [-0.05, 0) is 49.1 Å². The highest BCUT2D eigenvalue weighted by molar-refractivity contribution is 8.00. The summed E-state index contributed by atoms with van der Waals surface area (Å²) in [5.74, 6) is 4.83. The summed E-state index contributed by atoms with van der Waals surface area (Å²) in [6.45, 7) is 0.650. The fraction of sp³-hybridized carbons (Fsp3) is 0.412. The van der Waals surface area contributed by atoms with Crippen molar-refractivity contribution in [3.63, 3.8) is 0 Å². The number of aromatic hydroxyl groups is 1. The molecular weight excluding hydrogens is 357 g/mol. The Bertz CT molecular complexity index is 798. The molecule has 0 bridgehead atoms. The van der Waals surface area contributed by atoms with E-state index in [-0.39, 0.29) is 52.0 Å². The van der Waals surface area contributed by atoms with Gasteiger partial charge in [-0.1, -0.05) is 12.0 Å². The lowest BCUT2D eigenvalue weighted by molar-refractivity contribution is -0.154. The maximum atomic E-state index is 12.8. The van der Waals surface area contributed by atoms with E-state index >= 15 is 0 Å². The SMILES string of the molecule is Oc1cccc2c(SC(F)(F)F)c(C#CCOC3CCCCO3)oc12. The van der Waals surface area contributed by atoms with Crippen LogP contribution >= 0.6 is 11.8 Å². The Morgan fingerprint density at radius 1 is 1.32 bits per heavy atom. The summed E-state index contributed by atoms with van der Waals surface area (Å²) >= 11 is -0.315. The number of alkyl halides is 3. The zero-order valence-electron chi connectivity index (χ0n) is 13.1. The van der Waals surface area contributed by atoms with E-state index in [4.69, 9.17) is 13.9 Å². The second-order valence-corrected chi connectivity index (χ2v) is 6.45. The van der Waals surface area contributed by atoms with Gasteiger partial charge >= 0.3 is 5.51 Å². The molecule has 134 valence electrons. The predicted molar refractivity (Wildman–Crippen MR) is 86.2 cm³/mol. The lowest BCUT2D eigenvalue weighted by Gasteiger charge is -2.21. The second-order valence-electron chi connectivity index (χ2n) is 5.37. The number of thioether (sulfide) groups is 1. The smallest absolute Gasteiger partial charge is 0.446 e. The van der Waals surface area contributed by atoms with E-state index in [0.29, 0.717) is 6.61 Å². The Hall–Kier alpha value is -1.82. The van der Waals surface area contributed by atoms with Crippen LogP contribution in [0, 0.1) is 11.8 Å². The molecule has 8 heteroatoms. The molecule has 1 aromatic heterocycles. The van der Waals surface area contributed by atoms with Crippen LogP contribution in [0.5, 0.6) is 5.75 Å². The second kappa shape index (κ2) is 7.60. The van der Waals surface area contributed by atoms with Crippen molar-refractivity contribution in [2.24, 2.45) is 0 Å². The molecule has 0 aliphatic carbocycles. The van der Waals surface area contributed by atoms with Crippen LogP contribution in [-0.2, 0) is 9.47 Å². The molecule has 25 heavy (non-hydrogen) atoms. The molecule has 1 unspecified atom stereocenters. The molecule has 4 nitrogen and oxygen atoms in total. The number of phenols is 1. The van der Waals surface area contributed by atoms with Crippen LogP contribution < -0.4 is 0 Å². The van der Waals surface area contributed by atoms with Gasteiger partial charge in [-0.25, -0.2) is 0 Å². The van der Waals surface area contributed by atoms with E-state index in [1.54, 1.807) is 0 Å². The molecule has 1 N–H and O–H groups in total. The fourth-order valence-electron chi connectivity index (χ4n) is 2.47. The van der Waals surface area contributed by atoms with E-state index in [1.807, 2.05) is 0 Å². The van der Waals surface area contributed by atoms with E-state index in [1.165, 1.54) is 18.2 Å². The Labute approximate surface area is 146 Å². The van der Waals surface area contributed by atoms with Gasteiger partial charge < -0.3 is 19.0 Å². The lowest BCUT2D eigenvalue weighted by atomic mass is 10.2. The monoisotopic (exact) mass is 372 g/mol. The van der Waals surface area contributed by atoms with Gasteiger partial charge in [-0.3, -0.25) is 0 Å². The predicted octanol–water partition coefficient (Wildman–Crippen LogP) is 4.65. The molecular formula is C17H15F3O4S. The molecule has 0 amide bonds. The number of ether oxygens (including phenoxy) is 2. The van der Waals surface area contributed by atoms with Gasteiger partial charge in [0.1, 0.15) is 6.61 Å². The Kier molecular flexibility index (Phi) is 5.47. The normalized spacial score (nSPS) is 18.1. The summed E-state index contributed by atoms with van der Waals surface area (Å²) in [7, 11) is 0. The molecule has 0 saturated carbocycles. The van der Waals surface area contributed by atoms with Gasteiger partial charge in [0, 0.05) is 12.0 Å². The third-order valence-corrected chi connectivity index (χ3v) is 4.39. The van der Waals surface area contributed by atoms with Gasteiger partial charge in [-0.2, -0.15) is 13.2 Å². The molecule has 1 aromatic carbocycles. The van der Waals surface area contributed by atoms with Crippen LogP contribution in [0.15, 0.2) is 27.5 Å². The van der Waals surface area contributed by atoms with Crippen molar-refractivity contribution in [1.82, 2.24) is 0 Å². The van der Waals surface area contributed by atoms with Crippen LogP contribution in [0.2, 0.25) is 0 Å². The topological polar surface area (TPSA) is 51.8 Å². The minimum absolute atomic E-state index is 0.0177. The Balaban J connectivity index is 1.81. The Morgan fingerprint density at radius 3 is 2.88 bits per heavy atom. The van der Waals surface area contributed by atoms with Crippen molar-refractivity contribution in [2.75, 3.05) is 13.2 Å². The highest BCUT2D eigenvalue weighted by atomic mass is 32.2. The zero-order valence-corrected chi connectivity index (χ0v) is 13.9. The van der Waals surface area contributed by atoms with Crippen LogP contribution in [0.1, 0.15) is 25.0 Å². The first kappa shape index (κ1) is 18.0. The highest BCUT2D eigenvalue weighted by Gasteiger charge is 2.33. The minimum Gasteiger partial charge on any atom is -0.504 e. The van der Waals surface area contributed by atoms with Crippen molar-refractivity contribution in [1.29, 1.82) is 0 Å². The van der Waals surface area contributed by atoms with E-state index < -0.39 is 5.51 Å². The molecule has 0 radical (unpaired) electrons. The first-order valence-electron chi connectivity index (χ1n) is 7.66. The maximum absolute atomic E-state index is 12.8. The van der Waals surface area contributed by atoms with E-state index in [2.05, 4.69) is 11.8 Å². The molecule has 1 fully saturated rings. The Morgan fingerprint density at radius 2 is 2.16 bits per heavy atom. The van der Waals surface area contributed by atoms with Gasteiger partial charge in [0.25, 0.3) is 0 Å². The van der Waals surface area contributed by atoms with Gasteiger partial charge in [-0.15, -0.1) is 0 Å². The number of halogens is 3. The van der Waals surface area contributed by atoms with Gasteiger partial charge in [0.05, 0.1) is 4.90 Å². The van der Waals surface area contributed by atoms with Crippen molar-refractivity contribution >= 4 is 22.7 Å². The molecule has 1 atom stereocenters. The quantitative estimate of drug-likeness (QED) is 0.628. The fourth-order valence-corrected chi connectivity index (χ4v) is 3.16. The van der Waals surface area contributed by atoms with Gasteiger partial charge in [0.2, 0.25) is 0 Å². The molecule has 3 rings (SSSR count). The number of furan rings is 1. The average molecular weight is 372 g/mol. The standard InChI is InChI=1S/C17H15F3O4S/c18-17(19,20)25-16-11-5-3-6-12(21)15(11)24-13(16)7-4-10-23-14-8-1-2-9-22-14/h3,5-6,14,21H,1-2,8-10H2. The number of rotatable bonds is 3. The van der Waals surface area contributed by atoms with E-state index in [9.17, 15) is 18.3 Å². The summed E-state index contributed by atoms with van der Waals surface area (Å²) in [6.07, 6.45) is 2.45. The number of phenolic OH excluding ortho intramolecular Hbond substituents is 1. The lowest BCUT2D eigenvalue weighted by Crippen LogP contribution is -2.22. The van der Waals surface area contributed by atoms with Crippen molar-refractivity contribution in [2.45, 2.75) is 36.0 Å². The number of benzene rings is 1. The number of hydrogen-bond donors (Lipinski definition) is 1. The van der Waals surface area contributed by atoms with Crippen molar-refractivity contribution in [3.8, 4) is 17.6 Å². The van der Waals surface area contributed by atoms with E-state index in [0.717, 1.165) is 19.3 Å². The first-order chi connectivity index (χ1) is 11.9. The maximum Gasteiger partial charge on any atom is 0.446 e. The number of hydrogen-bond acceptors (Lipinski definition) is 5. The summed E-state index contributed by atoms with van der Waals surface area (Å²) in [5, 5.41) is 9.95. The van der Waals surface area contributed by atoms with Crippen LogP contribution in [0.4, 0.5) is 13.2 Å². The molecule has 0 spiro atoms. The number of fused-ring (bicyclic) bond motifs is 1. The third-order valence-electron chi connectivity index (χ3n) is 3.55. The molecule has 1 saturated heterocycles. The summed E-state index contributed by atoms with van der Waals surface area (Å²) in [5.41, 5.74) is -4.51. The molecule has 2 heterocycles. The largest absolute Gasteiger partial charge is 0.504 e. The van der Waals surface area contributed by atoms with Crippen LogP contribution in [0.3, 0.4) is 0 Å². The van der Waals surface area contributed by atoms with Crippen molar-refractivity contribution < 1.29 is 32.2 Å². The highest BCUT2D eigenvalue weighted by Crippen LogP contribution is 2.44. The van der Waals surface area contributed by atoms with Crippen LogP contribution in [-0.4, -0.2) is 30.1 Å². The van der Waals surface area contributed by atoms with Gasteiger partial charge in [0.15, 0.2) is 23.4 Å². The average Bonchev–Trinajstić information content (AvgIpc) is 2.90. The summed E-state index contributed by atoms with van der Waals surface area (Å²) in [4.78, 5) is -0.167. The third kappa shape index (κ3) is 4.63. The van der Waals surface area contributed by atoms with Crippen molar-refractivity contribution in [3.05, 3.63) is 24.0 Å². The molecule has 2 aromatic rings. The number of para-hydroxylation sites is 1. The summed E-state index contributed by atoms with van der Waals surface area (Å²) < 4.78 is 54.6. The summed E-state index contributed by atoms with van der Waals surface area (Å²) in [6, 6.07) is 4.24. The zero-order chi connectivity index (χ0) is 17.9.